The first-order chi connectivity index (χ1) is 7.73. The van der Waals surface area contributed by atoms with E-state index in [1.807, 2.05) is 13.8 Å². The number of aliphatic hydroxyl groups excluding tert-OH is 1. The van der Waals surface area contributed by atoms with Crippen LogP contribution in [0.4, 0.5) is 0 Å². The molecule has 0 aromatic rings. The minimum atomic E-state index is -1.12. The summed E-state index contributed by atoms with van der Waals surface area (Å²) in [7, 11) is 0. The second kappa shape index (κ2) is 7.45. The number of nitrogens with one attached hydrogen (secondary N) is 1. The number of aliphatic hydroxyl groups is 1. The molecule has 0 unspecified atom stereocenters. The summed E-state index contributed by atoms with van der Waals surface area (Å²) in [6.45, 7) is 7.36. The van der Waals surface area contributed by atoms with E-state index in [0.717, 1.165) is 0 Å². The van der Waals surface area contributed by atoms with E-state index in [0.29, 0.717) is 10.9 Å². The summed E-state index contributed by atoms with van der Waals surface area (Å²) < 4.78 is 0.556. The molecule has 0 saturated heterocycles. The molecule has 4 N–H and O–H groups in total. The molecular weight excluding hydrogens is 288 g/mol. The van der Waals surface area contributed by atoms with Gasteiger partial charge in [0.15, 0.2) is 0 Å². The van der Waals surface area contributed by atoms with E-state index in [1.165, 1.54) is 0 Å². The molecule has 17 heavy (non-hydrogen) atoms. The van der Waals surface area contributed by atoms with Gasteiger partial charge < -0.3 is 16.2 Å². The van der Waals surface area contributed by atoms with E-state index in [-0.39, 0.29) is 12.3 Å². The van der Waals surface area contributed by atoms with E-state index in [2.05, 4.69) is 27.8 Å². The predicted molar refractivity (Wildman–Crippen MR) is 69.3 cm³/mol. The van der Waals surface area contributed by atoms with Gasteiger partial charge in [0, 0.05) is 6.42 Å². The second-order valence-electron chi connectivity index (χ2n) is 4.33. The van der Waals surface area contributed by atoms with Gasteiger partial charge in [-0.15, -0.1) is 0 Å². The normalized spacial score (nSPS) is 14.2. The van der Waals surface area contributed by atoms with Gasteiger partial charge in [-0.25, -0.2) is 0 Å². The number of hydrogen-bond acceptors (Lipinski definition) is 3. The lowest BCUT2D eigenvalue weighted by molar-refractivity contribution is -0.133. The number of nitrogens with two attached hydrogens (primary N) is 1. The molecule has 0 aliphatic heterocycles. The molecule has 0 radical (unpaired) electrons. The Labute approximate surface area is 110 Å². The molecule has 0 aromatic carbocycles. The number of halogens is 1. The standard InChI is InChI=1S/C11H19BrN2O3/c1-6(2)4-9(15)11(17)14-8(10(13)16)5-7(3)12/h6,8-9,15H,3-5H2,1-2H3,(H2,13,16)(H,14,17)/t8-,9+/m0/s1. The molecule has 0 rings (SSSR count). The third-order valence-corrected chi connectivity index (χ3v) is 2.41. The molecule has 0 aromatic heterocycles. The molecule has 2 amide bonds. The van der Waals surface area contributed by atoms with E-state index in [9.17, 15) is 14.7 Å². The van der Waals surface area contributed by atoms with Crippen LogP contribution in [-0.4, -0.2) is 29.1 Å². The van der Waals surface area contributed by atoms with Crippen LogP contribution in [0.25, 0.3) is 0 Å². The highest BCUT2D eigenvalue weighted by molar-refractivity contribution is 9.11. The summed E-state index contributed by atoms with van der Waals surface area (Å²) in [6, 6.07) is -0.851. The Kier molecular flexibility index (Phi) is 7.06. The lowest BCUT2D eigenvalue weighted by Gasteiger charge is -2.18. The molecule has 0 aliphatic carbocycles. The zero-order chi connectivity index (χ0) is 13.6. The van der Waals surface area contributed by atoms with Crippen molar-refractivity contribution in [3.8, 4) is 0 Å². The zero-order valence-electron chi connectivity index (χ0n) is 10.1. The highest BCUT2D eigenvalue weighted by Gasteiger charge is 2.23. The first kappa shape index (κ1) is 16.1. The van der Waals surface area contributed by atoms with Crippen molar-refractivity contribution in [3.63, 3.8) is 0 Å². The number of carbonyl (C=O) groups excluding carboxylic acids is 2. The van der Waals surface area contributed by atoms with Gasteiger partial charge in [-0.3, -0.25) is 9.59 Å². The molecule has 0 bridgehead atoms. The Balaban J connectivity index is 4.39. The fraction of sp³-hybridized carbons (Fsp3) is 0.636. The smallest absolute Gasteiger partial charge is 0.249 e. The number of carbonyl (C=O) groups is 2. The van der Waals surface area contributed by atoms with Gasteiger partial charge in [-0.2, -0.15) is 0 Å². The average molecular weight is 307 g/mol. The first-order valence-electron chi connectivity index (χ1n) is 5.35. The van der Waals surface area contributed by atoms with E-state index in [4.69, 9.17) is 5.73 Å². The van der Waals surface area contributed by atoms with Gasteiger partial charge in [-0.1, -0.05) is 36.4 Å². The molecule has 6 heteroatoms. The Morgan fingerprint density at radius 3 is 2.35 bits per heavy atom. The largest absolute Gasteiger partial charge is 0.383 e. The van der Waals surface area contributed by atoms with E-state index in [1.54, 1.807) is 0 Å². The summed E-state index contributed by atoms with van der Waals surface area (Å²) in [5, 5.41) is 12.0. The molecule has 0 fully saturated rings. The minimum absolute atomic E-state index is 0.189. The van der Waals surface area contributed by atoms with Gasteiger partial charge in [0.05, 0.1) is 0 Å². The molecule has 0 saturated carbocycles. The van der Waals surface area contributed by atoms with Crippen LogP contribution in [0.5, 0.6) is 0 Å². The lowest BCUT2D eigenvalue weighted by atomic mass is 10.0. The maximum atomic E-state index is 11.6. The first-order valence-corrected chi connectivity index (χ1v) is 6.14. The van der Waals surface area contributed by atoms with Crippen LogP contribution in [0.2, 0.25) is 0 Å². The summed E-state index contributed by atoms with van der Waals surface area (Å²) in [5.74, 6) is -1.05. The Morgan fingerprint density at radius 2 is 2.00 bits per heavy atom. The van der Waals surface area contributed by atoms with Crippen LogP contribution >= 0.6 is 15.9 Å². The Bertz CT molecular complexity index is 305. The summed E-state index contributed by atoms with van der Waals surface area (Å²) in [5.41, 5.74) is 5.14. The van der Waals surface area contributed by atoms with Crippen molar-refractivity contribution in [2.45, 2.75) is 38.8 Å². The predicted octanol–water partition coefficient (Wildman–Crippen LogP) is 0.662. The zero-order valence-corrected chi connectivity index (χ0v) is 11.7. The van der Waals surface area contributed by atoms with E-state index < -0.39 is 24.0 Å². The van der Waals surface area contributed by atoms with Gasteiger partial charge in [0.1, 0.15) is 12.1 Å². The van der Waals surface area contributed by atoms with Crippen molar-refractivity contribution in [2.75, 3.05) is 0 Å². The van der Waals surface area contributed by atoms with Crippen molar-refractivity contribution in [1.82, 2.24) is 5.32 Å². The maximum Gasteiger partial charge on any atom is 0.249 e. The maximum absolute atomic E-state index is 11.6. The second-order valence-corrected chi connectivity index (χ2v) is 5.45. The fourth-order valence-corrected chi connectivity index (χ4v) is 1.59. The van der Waals surface area contributed by atoms with Gasteiger partial charge in [0.2, 0.25) is 11.8 Å². The highest BCUT2D eigenvalue weighted by Crippen LogP contribution is 2.11. The number of amides is 2. The molecule has 0 spiro atoms. The van der Waals surface area contributed by atoms with Crippen LogP contribution in [0, 0.1) is 5.92 Å². The van der Waals surface area contributed by atoms with E-state index >= 15 is 0 Å². The fourth-order valence-electron chi connectivity index (χ4n) is 1.27. The minimum Gasteiger partial charge on any atom is -0.383 e. The van der Waals surface area contributed by atoms with Gasteiger partial charge in [-0.05, 0) is 16.8 Å². The highest BCUT2D eigenvalue weighted by atomic mass is 79.9. The third kappa shape index (κ3) is 7.12. The topological polar surface area (TPSA) is 92.4 Å². The molecular formula is C11H19BrN2O3. The van der Waals surface area contributed by atoms with Crippen molar-refractivity contribution in [3.05, 3.63) is 11.1 Å². The quantitative estimate of drug-likeness (QED) is 0.645. The molecule has 98 valence electrons. The van der Waals surface area contributed by atoms with Gasteiger partial charge >= 0.3 is 0 Å². The summed E-state index contributed by atoms with van der Waals surface area (Å²) >= 11 is 3.09. The van der Waals surface area contributed by atoms with Crippen LogP contribution in [-0.2, 0) is 9.59 Å². The monoisotopic (exact) mass is 306 g/mol. The number of rotatable bonds is 7. The van der Waals surface area contributed by atoms with Crippen LogP contribution in [0.15, 0.2) is 11.1 Å². The van der Waals surface area contributed by atoms with Gasteiger partial charge in [0.25, 0.3) is 0 Å². The van der Waals surface area contributed by atoms with Crippen LogP contribution < -0.4 is 11.1 Å². The van der Waals surface area contributed by atoms with Crippen molar-refractivity contribution in [1.29, 1.82) is 0 Å². The number of hydrogen-bond donors (Lipinski definition) is 3. The molecule has 2 atom stereocenters. The molecule has 0 heterocycles. The third-order valence-electron chi connectivity index (χ3n) is 2.08. The Morgan fingerprint density at radius 1 is 1.47 bits per heavy atom. The molecule has 5 nitrogen and oxygen atoms in total. The van der Waals surface area contributed by atoms with Crippen molar-refractivity contribution >= 4 is 27.7 Å². The van der Waals surface area contributed by atoms with Crippen LogP contribution in [0.3, 0.4) is 0 Å². The molecule has 0 aliphatic rings. The van der Waals surface area contributed by atoms with Crippen molar-refractivity contribution in [2.24, 2.45) is 11.7 Å². The summed E-state index contributed by atoms with van der Waals surface area (Å²) in [4.78, 5) is 22.6. The van der Waals surface area contributed by atoms with Crippen molar-refractivity contribution < 1.29 is 14.7 Å². The lowest BCUT2D eigenvalue weighted by Crippen LogP contribution is -2.48. The summed E-state index contributed by atoms with van der Waals surface area (Å²) in [6.07, 6.45) is -0.581. The SMILES string of the molecule is C=C(Br)C[C@H](NC(=O)[C@H](O)CC(C)C)C(N)=O. The van der Waals surface area contributed by atoms with Crippen LogP contribution in [0.1, 0.15) is 26.7 Å². The number of primary amides is 1. The Hall–Kier alpha value is -0.880. The average Bonchev–Trinajstić information content (AvgIpc) is 2.14.